The molecular formula is C14H21O3W4-. The third-order valence-corrected chi connectivity index (χ3v) is 3.45. The van der Waals surface area contributed by atoms with E-state index < -0.39 is 6.10 Å². The van der Waals surface area contributed by atoms with Gasteiger partial charge >= 0.3 is 160 Å². The maximum atomic E-state index is 11.7. The zero-order chi connectivity index (χ0) is 17.8. The van der Waals surface area contributed by atoms with Crippen molar-refractivity contribution in [2.45, 2.75) is 33.3 Å². The minimum absolute atomic E-state index is 0.0170. The Balaban J connectivity index is -0.000000212. The Morgan fingerprint density at radius 2 is 1.62 bits per heavy atom. The van der Waals surface area contributed by atoms with Crippen LogP contribution in [0.3, 0.4) is 0 Å². The van der Waals surface area contributed by atoms with Crippen molar-refractivity contribution in [3.05, 3.63) is 18.8 Å². The van der Waals surface area contributed by atoms with Crippen LogP contribution >= 0.6 is 0 Å². The van der Waals surface area contributed by atoms with Crippen LogP contribution in [0.15, 0.2) is 12.8 Å². The summed E-state index contributed by atoms with van der Waals surface area (Å²) in [7, 11) is 0. The van der Waals surface area contributed by atoms with E-state index in [4.69, 9.17) is 4.74 Å². The van der Waals surface area contributed by atoms with E-state index in [1.165, 1.54) is 45.0 Å². The van der Waals surface area contributed by atoms with E-state index in [-0.39, 0.29) is 18.0 Å². The maximum absolute atomic E-state index is 11.7. The van der Waals surface area contributed by atoms with E-state index in [1.54, 1.807) is 15.7 Å². The van der Waals surface area contributed by atoms with Gasteiger partial charge in [-0.15, -0.1) is 0 Å². The van der Waals surface area contributed by atoms with Gasteiger partial charge in [-0.25, -0.2) is 0 Å². The molecule has 0 fully saturated rings. The number of carbonyl (C=O) groups is 2. The number of hydrogen-bond donors (Lipinski definition) is 0. The Morgan fingerprint density at radius 3 is 1.90 bits per heavy atom. The normalized spacial score (nSPS) is 8.52. The first-order valence-corrected chi connectivity index (χ1v) is 13.2. The summed E-state index contributed by atoms with van der Waals surface area (Å²) in [4.78, 5) is 29.5. The Labute approximate surface area is 172 Å². The van der Waals surface area contributed by atoms with Gasteiger partial charge in [-0.2, -0.15) is 0 Å². The molecule has 0 bridgehead atoms. The first kappa shape index (κ1) is 29.9. The van der Waals surface area contributed by atoms with Crippen LogP contribution in [-0.4, -0.2) is 36.3 Å². The Hall–Kier alpha value is 0.983. The standard InChI is InChI=1S/C10H11O3.C2H6.2CH2.4W/c1-5-13-9(4)10(12)7(2)6-8(3)11;1-2;;;;;;/h3-5,9H,1,6H2,2H3;1-2H3;2*1H2;;;;/q-1;;;;;;;. The summed E-state index contributed by atoms with van der Waals surface area (Å²) in [6, 6.07) is 0. The van der Waals surface area contributed by atoms with E-state index in [0.29, 0.717) is 5.92 Å². The fraction of sp³-hybridized carbons (Fsp3) is 0.357. The molecule has 0 radical (unpaired) electrons. The van der Waals surface area contributed by atoms with Crippen molar-refractivity contribution in [2.75, 3.05) is 0 Å². The van der Waals surface area contributed by atoms with Crippen molar-refractivity contribution < 1.29 is 91.7 Å². The summed E-state index contributed by atoms with van der Waals surface area (Å²) in [5.41, 5.74) is 0. The van der Waals surface area contributed by atoms with Gasteiger partial charge in [-0.1, -0.05) is 13.8 Å². The predicted octanol–water partition coefficient (Wildman–Crippen LogP) is 1.29. The van der Waals surface area contributed by atoms with Crippen LogP contribution in [-0.2, 0) is 91.7 Å². The molecule has 0 aromatic heterocycles. The van der Waals surface area contributed by atoms with Crippen molar-refractivity contribution in [1.29, 1.82) is 0 Å². The molecule has 1 atom stereocenters. The fourth-order valence-electron chi connectivity index (χ4n) is 0.892. The molecule has 0 aromatic carbocycles. The van der Waals surface area contributed by atoms with Gasteiger partial charge in [-0.3, -0.25) is 0 Å². The molecule has 0 rings (SSSR count). The van der Waals surface area contributed by atoms with Crippen molar-refractivity contribution in [3.8, 4) is 0 Å². The topological polar surface area (TPSA) is 43.4 Å². The molecular weight excluding hydrogens is 952 g/mol. The molecule has 7 heteroatoms. The second-order valence-corrected chi connectivity index (χ2v) is 4.59. The molecule has 0 aliphatic rings. The monoisotopic (exact) mass is 973 g/mol. The first-order chi connectivity index (χ1) is 10.1. The van der Waals surface area contributed by atoms with Gasteiger partial charge in [0.05, 0.1) is 0 Å². The molecule has 0 saturated carbocycles. The van der Waals surface area contributed by atoms with Crippen LogP contribution in [0.5, 0.6) is 0 Å². The SMILES string of the molecule is C=COC([CH]=[W])C(=O)[C-](C)CC(=O)[CH]=[W].CC.[CH2]=[W].[CH2]=[W]. The molecule has 1 unspecified atom stereocenters. The van der Waals surface area contributed by atoms with Crippen LogP contribution in [0.4, 0.5) is 0 Å². The molecule has 0 aromatic rings. The van der Waals surface area contributed by atoms with Crippen LogP contribution in [0.2, 0.25) is 0 Å². The molecule has 0 N–H and O–H groups in total. The van der Waals surface area contributed by atoms with E-state index in [1.807, 2.05) is 13.8 Å². The molecule has 21 heavy (non-hydrogen) atoms. The van der Waals surface area contributed by atoms with Gasteiger partial charge < -0.3 is 0 Å². The molecule has 0 saturated heterocycles. The fourth-order valence-corrected chi connectivity index (χ4v) is 1.87. The van der Waals surface area contributed by atoms with Gasteiger partial charge in [0.1, 0.15) is 0 Å². The molecule has 0 aliphatic carbocycles. The van der Waals surface area contributed by atoms with Crippen LogP contribution in [0.25, 0.3) is 0 Å². The first-order valence-electron chi connectivity index (χ1n) is 5.70. The molecule has 120 valence electrons. The Bertz CT molecular complexity index is 317. The van der Waals surface area contributed by atoms with E-state index in [0.717, 1.165) is 38.7 Å². The van der Waals surface area contributed by atoms with Crippen molar-refractivity contribution in [3.63, 3.8) is 0 Å². The zero-order valence-corrected chi connectivity index (χ0v) is 24.2. The van der Waals surface area contributed by atoms with Crippen molar-refractivity contribution in [1.82, 2.24) is 0 Å². The molecule has 0 heterocycles. The zero-order valence-electron chi connectivity index (χ0n) is 12.5. The average Bonchev–Trinajstić information content (AvgIpc) is 2.57. The van der Waals surface area contributed by atoms with Crippen molar-refractivity contribution in [2.24, 2.45) is 0 Å². The van der Waals surface area contributed by atoms with Crippen LogP contribution < -0.4 is 0 Å². The Kier molecular flexibility index (Phi) is 36.9. The summed E-state index contributed by atoms with van der Waals surface area (Å²) in [5, 5.41) is 0. The molecule has 0 amide bonds. The second kappa shape index (κ2) is 25.9. The molecule has 3 nitrogen and oxygen atoms in total. The number of ether oxygens (including phenoxy) is 1. The van der Waals surface area contributed by atoms with Gasteiger partial charge in [0.25, 0.3) is 0 Å². The Morgan fingerprint density at radius 1 is 1.19 bits per heavy atom. The summed E-state index contributed by atoms with van der Waals surface area (Å²) < 4.78 is 8.30. The van der Waals surface area contributed by atoms with Crippen LogP contribution in [0, 0.1) is 5.92 Å². The minimum atomic E-state index is -0.588. The second-order valence-electron chi connectivity index (χ2n) is 2.76. The number of carbonyl (C=O) groups excluding carboxylic acids is 2. The third-order valence-electron chi connectivity index (χ3n) is 1.62. The van der Waals surface area contributed by atoms with Gasteiger partial charge in [0, 0.05) is 0 Å². The molecule has 0 aliphatic heterocycles. The summed E-state index contributed by atoms with van der Waals surface area (Å²) in [5.74, 6) is 0.369. The van der Waals surface area contributed by atoms with Crippen molar-refractivity contribution >= 4 is 30.2 Å². The number of Topliss-reactive ketones (excluding diaryl/α,β-unsaturated/α-hetero) is 2. The summed E-state index contributed by atoms with van der Waals surface area (Å²) in [6.45, 7) is 9.07. The van der Waals surface area contributed by atoms with Crippen LogP contribution in [0.1, 0.15) is 27.2 Å². The number of ketones is 2. The number of hydrogen-bond acceptors (Lipinski definition) is 3. The van der Waals surface area contributed by atoms with E-state index >= 15 is 0 Å². The summed E-state index contributed by atoms with van der Waals surface area (Å²) in [6.07, 6.45) is 0.838. The van der Waals surface area contributed by atoms with E-state index in [2.05, 4.69) is 16.4 Å². The average molecular weight is 973 g/mol. The number of rotatable bonds is 8. The third kappa shape index (κ3) is 18.9. The van der Waals surface area contributed by atoms with Gasteiger partial charge in [-0.05, 0) is 0 Å². The predicted molar refractivity (Wildman–Crippen MR) is 76.3 cm³/mol. The summed E-state index contributed by atoms with van der Waals surface area (Å²) >= 11 is 4.91. The van der Waals surface area contributed by atoms with Gasteiger partial charge in [0.2, 0.25) is 0 Å². The van der Waals surface area contributed by atoms with Gasteiger partial charge in [0.15, 0.2) is 0 Å². The van der Waals surface area contributed by atoms with E-state index in [9.17, 15) is 9.59 Å². The molecule has 0 spiro atoms. The quantitative estimate of drug-likeness (QED) is 0.273.